The van der Waals surface area contributed by atoms with E-state index < -0.39 is 0 Å². The first kappa shape index (κ1) is 16.6. The fourth-order valence-electron chi connectivity index (χ4n) is 2.60. The molecule has 0 saturated carbocycles. The Hall–Kier alpha value is -1.77. The van der Waals surface area contributed by atoms with Crippen LogP contribution in [-0.4, -0.2) is 10.2 Å². The summed E-state index contributed by atoms with van der Waals surface area (Å²) in [6.45, 7) is 2.86. The van der Waals surface area contributed by atoms with E-state index in [0.29, 0.717) is 6.61 Å². The van der Waals surface area contributed by atoms with E-state index in [1.54, 1.807) is 6.20 Å². The van der Waals surface area contributed by atoms with Crippen LogP contribution in [-0.2, 0) is 13.0 Å². The molecule has 3 nitrogen and oxygen atoms in total. The third-order valence-electron chi connectivity index (χ3n) is 3.95. The molecule has 1 aromatic carbocycles. The Morgan fingerprint density at radius 2 is 1.68 bits per heavy atom. The lowest BCUT2D eigenvalue weighted by atomic mass is 10.1. The molecule has 0 spiro atoms. The zero-order valence-electron chi connectivity index (χ0n) is 13.7. The van der Waals surface area contributed by atoms with Crippen LogP contribution in [0, 0.1) is 0 Å². The van der Waals surface area contributed by atoms with Crippen LogP contribution in [0.5, 0.6) is 5.75 Å². The molecule has 0 radical (unpaired) electrons. The number of H-pyrrole nitrogens is 1. The number of aromatic nitrogens is 2. The molecule has 1 N–H and O–H groups in total. The minimum absolute atomic E-state index is 0.602. The molecule has 3 heteroatoms. The number of nitrogens with zero attached hydrogens (tertiary/aromatic N) is 1. The Balaban J connectivity index is 1.66. The van der Waals surface area contributed by atoms with Crippen molar-refractivity contribution in [2.75, 3.05) is 0 Å². The van der Waals surface area contributed by atoms with E-state index in [0.717, 1.165) is 17.9 Å². The summed E-state index contributed by atoms with van der Waals surface area (Å²) in [5.41, 5.74) is 2.31. The fraction of sp³-hybridized carbons (Fsp3) is 0.526. The van der Waals surface area contributed by atoms with Gasteiger partial charge in [0.15, 0.2) is 5.75 Å². The first-order valence-electron chi connectivity index (χ1n) is 8.59. The average molecular weight is 300 g/mol. The predicted octanol–water partition coefficient (Wildman–Crippen LogP) is 5.28. The van der Waals surface area contributed by atoms with Crippen molar-refractivity contribution in [2.24, 2.45) is 0 Å². The SMILES string of the molecule is CCCCCCCCCc1[nH]ncc1OCc1ccccc1. The number of ether oxygens (including phenoxy) is 1. The molecule has 1 heterocycles. The topological polar surface area (TPSA) is 37.9 Å². The molecule has 2 rings (SSSR count). The summed E-state index contributed by atoms with van der Waals surface area (Å²) in [5.74, 6) is 0.898. The Morgan fingerprint density at radius 1 is 0.955 bits per heavy atom. The molecular formula is C19H28N2O. The average Bonchev–Trinajstić information content (AvgIpc) is 3.00. The maximum absolute atomic E-state index is 5.88. The fourth-order valence-corrected chi connectivity index (χ4v) is 2.60. The normalized spacial score (nSPS) is 10.8. The van der Waals surface area contributed by atoms with Gasteiger partial charge < -0.3 is 4.74 Å². The first-order chi connectivity index (χ1) is 10.9. The Labute approximate surface area is 134 Å². The van der Waals surface area contributed by atoms with Gasteiger partial charge in [-0.05, 0) is 18.4 Å². The van der Waals surface area contributed by atoms with E-state index in [2.05, 4.69) is 29.3 Å². The minimum atomic E-state index is 0.602. The second-order valence-corrected chi connectivity index (χ2v) is 5.86. The van der Waals surface area contributed by atoms with E-state index in [9.17, 15) is 0 Å². The number of rotatable bonds is 11. The molecule has 0 aliphatic heterocycles. The highest BCUT2D eigenvalue weighted by atomic mass is 16.5. The van der Waals surface area contributed by atoms with Gasteiger partial charge in [-0.1, -0.05) is 75.8 Å². The van der Waals surface area contributed by atoms with Crippen molar-refractivity contribution in [3.63, 3.8) is 0 Å². The second kappa shape index (κ2) is 10.0. The lowest BCUT2D eigenvalue weighted by molar-refractivity contribution is 0.302. The first-order valence-corrected chi connectivity index (χ1v) is 8.59. The van der Waals surface area contributed by atoms with Gasteiger partial charge in [-0.2, -0.15) is 5.10 Å². The Bertz CT molecular complexity index is 507. The summed E-state index contributed by atoms with van der Waals surface area (Å²) in [5, 5.41) is 7.20. The predicted molar refractivity (Wildman–Crippen MR) is 91.1 cm³/mol. The van der Waals surface area contributed by atoms with Crippen molar-refractivity contribution in [2.45, 2.75) is 64.9 Å². The summed E-state index contributed by atoms with van der Waals surface area (Å²) in [6, 6.07) is 10.3. The quantitative estimate of drug-likeness (QED) is 0.573. The number of aryl methyl sites for hydroxylation is 1. The van der Waals surface area contributed by atoms with E-state index >= 15 is 0 Å². The van der Waals surface area contributed by atoms with Crippen molar-refractivity contribution in [3.8, 4) is 5.75 Å². The molecule has 0 atom stereocenters. The summed E-state index contributed by atoms with van der Waals surface area (Å²) in [4.78, 5) is 0. The maximum atomic E-state index is 5.88. The third kappa shape index (κ3) is 5.92. The van der Waals surface area contributed by atoms with Crippen LogP contribution in [0.25, 0.3) is 0 Å². The number of hydrogen-bond donors (Lipinski definition) is 1. The van der Waals surface area contributed by atoms with E-state index in [1.807, 2.05) is 18.2 Å². The molecule has 22 heavy (non-hydrogen) atoms. The highest BCUT2D eigenvalue weighted by Crippen LogP contribution is 2.19. The largest absolute Gasteiger partial charge is 0.485 e. The lowest BCUT2D eigenvalue weighted by Gasteiger charge is -2.07. The maximum Gasteiger partial charge on any atom is 0.160 e. The van der Waals surface area contributed by atoms with Crippen molar-refractivity contribution in [1.29, 1.82) is 0 Å². The smallest absolute Gasteiger partial charge is 0.160 e. The second-order valence-electron chi connectivity index (χ2n) is 5.86. The molecule has 0 aliphatic carbocycles. The molecule has 0 fully saturated rings. The summed E-state index contributed by atoms with van der Waals surface area (Å²) in [6.07, 6.45) is 12.1. The van der Waals surface area contributed by atoms with Gasteiger partial charge in [0.1, 0.15) is 6.61 Å². The van der Waals surface area contributed by atoms with Crippen molar-refractivity contribution < 1.29 is 4.74 Å². The highest BCUT2D eigenvalue weighted by molar-refractivity contribution is 5.24. The Kier molecular flexibility index (Phi) is 7.57. The van der Waals surface area contributed by atoms with Crippen molar-refractivity contribution in [1.82, 2.24) is 10.2 Å². The molecule has 0 amide bonds. The summed E-state index contributed by atoms with van der Waals surface area (Å²) >= 11 is 0. The van der Waals surface area contributed by atoms with Crippen LogP contribution in [0.3, 0.4) is 0 Å². The van der Waals surface area contributed by atoms with Crippen LogP contribution in [0.2, 0.25) is 0 Å². The summed E-state index contributed by atoms with van der Waals surface area (Å²) in [7, 11) is 0. The van der Waals surface area contributed by atoms with Gasteiger partial charge in [-0.15, -0.1) is 0 Å². The number of nitrogens with one attached hydrogen (secondary N) is 1. The molecule has 1 aromatic heterocycles. The van der Waals surface area contributed by atoms with Crippen LogP contribution in [0.1, 0.15) is 63.1 Å². The Morgan fingerprint density at radius 3 is 2.45 bits per heavy atom. The number of aromatic amines is 1. The van der Waals surface area contributed by atoms with Gasteiger partial charge in [0.2, 0.25) is 0 Å². The molecule has 120 valence electrons. The third-order valence-corrected chi connectivity index (χ3v) is 3.95. The standard InChI is InChI=1S/C19H28N2O/c1-2-3-4-5-6-7-11-14-18-19(15-20-21-18)22-16-17-12-9-8-10-13-17/h8-10,12-13,15H,2-7,11,14,16H2,1H3,(H,20,21). The van der Waals surface area contributed by atoms with E-state index in [-0.39, 0.29) is 0 Å². The van der Waals surface area contributed by atoms with Gasteiger partial charge in [-0.3, -0.25) is 5.10 Å². The van der Waals surface area contributed by atoms with Gasteiger partial charge in [0.25, 0.3) is 0 Å². The highest BCUT2D eigenvalue weighted by Gasteiger charge is 2.06. The monoisotopic (exact) mass is 300 g/mol. The molecular weight excluding hydrogens is 272 g/mol. The van der Waals surface area contributed by atoms with E-state index in [1.165, 1.54) is 50.5 Å². The minimum Gasteiger partial charge on any atom is -0.485 e. The zero-order chi connectivity index (χ0) is 15.5. The van der Waals surface area contributed by atoms with Gasteiger partial charge in [-0.25, -0.2) is 0 Å². The van der Waals surface area contributed by atoms with Crippen molar-refractivity contribution >= 4 is 0 Å². The van der Waals surface area contributed by atoms with Gasteiger partial charge in [0.05, 0.1) is 11.9 Å². The van der Waals surface area contributed by atoms with Gasteiger partial charge in [0, 0.05) is 0 Å². The number of unbranched alkanes of at least 4 members (excludes halogenated alkanes) is 6. The van der Waals surface area contributed by atoms with Gasteiger partial charge >= 0.3 is 0 Å². The van der Waals surface area contributed by atoms with Crippen LogP contribution in [0.15, 0.2) is 36.5 Å². The number of hydrogen-bond acceptors (Lipinski definition) is 2. The molecule has 0 bridgehead atoms. The lowest BCUT2D eigenvalue weighted by Crippen LogP contribution is -1.97. The van der Waals surface area contributed by atoms with Crippen LogP contribution < -0.4 is 4.74 Å². The molecule has 0 unspecified atom stereocenters. The molecule has 0 saturated heterocycles. The molecule has 2 aromatic rings. The molecule has 0 aliphatic rings. The zero-order valence-corrected chi connectivity index (χ0v) is 13.7. The summed E-state index contributed by atoms with van der Waals surface area (Å²) < 4.78 is 5.88. The van der Waals surface area contributed by atoms with E-state index in [4.69, 9.17) is 4.74 Å². The van der Waals surface area contributed by atoms with Crippen LogP contribution in [0.4, 0.5) is 0 Å². The van der Waals surface area contributed by atoms with Crippen LogP contribution >= 0.6 is 0 Å². The number of benzene rings is 1. The van der Waals surface area contributed by atoms with Crippen molar-refractivity contribution in [3.05, 3.63) is 47.8 Å².